The van der Waals surface area contributed by atoms with E-state index in [0.717, 1.165) is 4.90 Å². The Hall–Kier alpha value is -2.68. The van der Waals surface area contributed by atoms with Gasteiger partial charge < -0.3 is 16.0 Å². The van der Waals surface area contributed by atoms with Crippen molar-refractivity contribution in [2.45, 2.75) is 11.8 Å². The molecule has 0 aliphatic rings. The second-order valence-electron chi connectivity index (χ2n) is 4.31. The van der Waals surface area contributed by atoms with Gasteiger partial charge in [-0.25, -0.2) is 4.98 Å². The molecule has 0 fully saturated rings. The van der Waals surface area contributed by atoms with Gasteiger partial charge in [0.05, 0.1) is 5.69 Å². The summed E-state index contributed by atoms with van der Waals surface area (Å²) < 4.78 is 21.5. The predicted molar refractivity (Wildman–Crippen MR) is 89.0 cm³/mol. The van der Waals surface area contributed by atoms with E-state index in [1.54, 1.807) is 12.3 Å². The van der Waals surface area contributed by atoms with E-state index in [1.165, 1.54) is 24.8 Å². The molecule has 2 aromatic heterocycles. The minimum absolute atomic E-state index is 0.104. The van der Waals surface area contributed by atoms with Gasteiger partial charge in [0.1, 0.15) is 5.82 Å². The largest absolute Gasteiger partial charge is 0.354 e. The van der Waals surface area contributed by atoms with Crippen molar-refractivity contribution < 1.29 is 13.7 Å². The van der Waals surface area contributed by atoms with Gasteiger partial charge in [0, 0.05) is 35.2 Å². The van der Waals surface area contributed by atoms with Crippen molar-refractivity contribution in [2.24, 2.45) is 0 Å². The molecule has 0 saturated carbocycles. The van der Waals surface area contributed by atoms with Gasteiger partial charge >= 0.3 is 0 Å². The Morgan fingerprint density at radius 1 is 1.35 bits per heavy atom. The molecule has 0 atom stereocenters. The molecule has 23 heavy (non-hydrogen) atoms. The molecule has 0 aromatic carbocycles. The quantitative estimate of drug-likeness (QED) is 0.713. The lowest BCUT2D eigenvalue weighted by atomic mass is 10.3. The third-order valence-electron chi connectivity index (χ3n) is 2.67. The molecule has 2 amide bonds. The van der Waals surface area contributed by atoms with Crippen LogP contribution in [0.15, 0.2) is 29.3 Å². The number of anilines is 3. The summed E-state index contributed by atoms with van der Waals surface area (Å²) in [5.74, 6) is -0.750. The molecular weight excluding hydrogens is 316 g/mol. The van der Waals surface area contributed by atoms with Gasteiger partial charge in [-0.3, -0.25) is 9.59 Å². The molecular formula is C14H16N6O2S. The van der Waals surface area contributed by atoms with Crippen LogP contribution in [0.5, 0.6) is 0 Å². The topological polar surface area (TPSA) is 109 Å². The summed E-state index contributed by atoms with van der Waals surface area (Å²) in [5.41, 5.74) is -0.0903. The lowest BCUT2D eigenvalue weighted by Gasteiger charge is -2.12. The van der Waals surface area contributed by atoms with E-state index in [2.05, 4.69) is 25.8 Å². The zero-order valence-electron chi connectivity index (χ0n) is 15.4. The Morgan fingerprint density at radius 3 is 2.87 bits per heavy atom. The standard InChI is InChI=1S/C14H16N6O2S/c1-8(21)17-11-7-9(12(20-19-11)14(22)15-2)18-13-10(23-3)5-4-6-16-13/h4-7H,1-3H3,(H,15,22)(H2,16,17,18,19,21)/i2D3. The maximum Gasteiger partial charge on any atom is 0.273 e. The highest BCUT2D eigenvalue weighted by atomic mass is 32.2. The van der Waals surface area contributed by atoms with E-state index in [0.29, 0.717) is 5.82 Å². The Kier molecular flexibility index (Phi) is 4.21. The van der Waals surface area contributed by atoms with Crippen LogP contribution < -0.4 is 16.0 Å². The SMILES string of the molecule is [2H]C([2H])([2H])NC(=O)c1nnc(NC(C)=O)cc1Nc1ncccc1SC. The molecule has 120 valence electrons. The summed E-state index contributed by atoms with van der Waals surface area (Å²) in [6.45, 7) is -1.38. The zero-order valence-corrected chi connectivity index (χ0v) is 13.2. The van der Waals surface area contributed by atoms with Crippen LogP contribution in [0.3, 0.4) is 0 Å². The van der Waals surface area contributed by atoms with Crippen LogP contribution in [0, 0.1) is 0 Å². The van der Waals surface area contributed by atoms with Gasteiger partial charge in [-0.15, -0.1) is 22.0 Å². The first kappa shape index (κ1) is 12.8. The zero-order chi connectivity index (χ0) is 19.3. The number of rotatable bonds is 5. The van der Waals surface area contributed by atoms with Crippen LogP contribution in [-0.4, -0.2) is 40.2 Å². The summed E-state index contributed by atoms with van der Waals surface area (Å²) in [6, 6.07) is 4.96. The highest BCUT2D eigenvalue weighted by molar-refractivity contribution is 7.98. The van der Waals surface area contributed by atoms with Crippen LogP contribution in [0.2, 0.25) is 0 Å². The second-order valence-corrected chi connectivity index (χ2v) is 5.15. The molecule has 2 rings (SSSR count). The van der Waals surface area contributed by atoms with E-state index in [-0.39, 0.29) is 23.1 Å². The fourth-order valence-corrected chi connectivity index (χ4v) is 2.24. The lowest BCUT2D eigenvalue weighted by Crippen LogP contribution is -2.22. The fraction of sp³-hybridized carbons (Fsp3) is 0.214. The molecule has 0 unspecified atom stereocenters. The summed E-state index contributed by atoms with van der Waals surface area (Å²) in [5, 5.41) is 14.7. The number of nitrogens with one attached hydrogen (secondary N) is 3. The number of hydrogen-bond acceptors (Lipinski definition) is 7. The van der Waals surface area contributed by atoms with Crippen LogP contribution in [0.1, 0.15) is 21.5 Å². The number of hydrogen-bond donors (Lipinski definition) is 3. The average Bonchev–Trinajstić information content (AvgIpc) is 2.53. The van der Waals surface area contributed by atoms with Gasteiger partial charge in [-0.1, -0.05) is 0 Å². The predicted octanol–water partition coefficient (Wildman–Crippen LogP) is 1.66. The Bertz CT molecular complexity index is 831. The number of nitrogens with zero attached hydrogens (tertiary/aromatic N) is 3. The van der Waals surface area contributed by atoms with Crippen molar-refractivity contribution in [3.63, 3.8) is 0 Å². The van der Waals surface area contributed by atoms with Crippen LogP contribution in [-0.2, 0) is 4.79 Å². The van der Waals surface area contributed by atoms with E-state index < -0.39 is 12.9 Å². The summed E-state index contributed by atoms with van der Waals surface area (Å²) >= 11 is 1.43. The molecule has 0 spiro atoms. The molecule has 0 bridgehead atoms. The van der Waals surface area contributed by atoms with Crippen molar-refractivity contribution >= 4 is 40.9 Å². The number of thioether (sulfide) groups is 1. The number of pyridine rings is 1. The minimum Gasteiger partial charge on any atom is -0.354 e. The Balaban J connectivity index is 2.44. The van der Waals surface area contributed by atoms with Crippen molar-refractivity contribution in [3.05, 3.63) is 30.1 Å². The van der Waals surface area contributed by atoms with Gasteiger partial charge in [0.25, 0.3) is 5.91 Å². The Morgan fingerprint density at radius 2 is 2.17 bits per heavy atom. The molecule has 2 aromatic rings. The first-order valence-corrected chi connectivity index (χ1v) is 7.66. The maximum absolute atomic E-state index is 12.2. The Labute approximate surface area is 141 Å². The van der Waals surface area contributed by atoms with Gasteiger partial charge in [-0.2, -0.15) is 0 Å². The summed E-state index contributed by atoms with van der Waals surface area (Å²) in [4.78, 5) is 28.5. The van der Waals surface area contributed by atoms with Gasteiger partial charge in [0.15, 0.2) is 11.5 Å². The van der Waals surface area contributed by atoms with E-state index >= 15 is 0 Å². The molecule has 0 saturated heterocycles. The third kappa shape index (κ3) is 4.16. The van der Waals surface area contributed by atoms with E-state index in [9.17, 15) is 9.59 Å². The van der Waals surface area contributed by atoms with Gasteiger partial charge in [0.2, 0.25) is 5.91 Å². The number of amides is 2. The fourth-order valence-electron chi connectivity index (χ4n) is 1.73. The van der Waals surface area contributed by atoms with E-state index in [1.807, 2.05) is 17.6 Å². The average molecular weight is 335 g/mol. The smallest absolute Gasteiger partial charge is 0.273 e. The second kappa shape index (κ2) is 7.54. The molecule has 9 heteroatoms. The van der Waals surface area contributed by atoms with Crippen molar-refractivity contribution in [3.8, 4) is 0 Å². The van der Waals surface area contributed by atoms with Crippen molar-refractivity contribution in [1.82, 2.24) is 20.5 Å². The van der Waals surface area contributed by atoms with Crippen molar-refractivity contribution in [1.29, 1.82) is 0 Å². The third-order valence-corrected chi connectivity index (χ3v) is 3.44. The van der Waals surface area contributed by atoms with Crippen molar-refractivity contribution in [2.75, 3.05) is 23.9 Å². The van der Waals surface area contributed by atoms with Crippen LogP contribution >= 0.6 is 11.8 Å². The van der Waals surface area contributed by atoms with E-state index in [4.69, 9.17) is 4.11 Å². The first-order chi connectivity index (χ1) is 12.2. The van der Waals surface area contributed by atoms with Crippen LogP contribution in [0.25, 0.3) is 0 Å². The summed E-state index contributed by atoms with van der Waals surface area (Å²) in [6.07, 6.45) is 3.42. The lowest BCUT2D eigenvalue weighted by molar-refractivity contribution is -0.114. The number of carbonyl (C=O) groups excluding carboxylic acids is 2. The molecule has 2 heterocycles. The highest BCUT2D eigenvalue weighted by Gasteiger charge is 2.16. The minimum atomic E-state index is -2.68. The molecule has 0 aliphatic heterocycles. The highest BCUT2D eigenvalue weighted by Crippen LogP contribution is 2.27. The number of carbonyl (C=O) groups is 2. The van der Waals surface area contributed by atoms with Gasteiger partial charge in [-0.05, 0) is 18.4 Å². The molecule has 0 aliphatic carbocycles. The molecule has 3 N–H and O–H groups in total. The normalized spacial score (nSPS) is 12.5. The molecule has 0 radical (unpaired) electrons. The summed E-state index contributed by atoms with van der Waals surface area (Å²) in [7, 11) is 0. The molecule has 8 nitrogen and oxygen atoms in total. The monoisotopic (exact) mass is 335 g/mol. The van der Waals surface area contributed by atoms with Crippen LogP contribution in [0.4, 0.5) is 17.3 Å². The first-order valence-electron chi connectivity index (χ1n) is 7.93. The maximum atomic E-state index is 12.2. The number of aromatic nitrogens is 3.